The van der Waals surface area contributed by atoms with Crippen LogP contribution in [-0.2, 0) is 0 Å². The number of nitrogens with zero attached hydrogens (tertiary/aromatic N) is 1. The molecule has 2 aromatic rings. The molecular formula is C12H6BrClF3NO2. The molecule has 0 spiro atoms. The van der Waals surface area contributed by atoms with Crippen LogP contribution in [0.5, 0.6) is 17.2 Å². The van der Waals surface area contributed by atoms with Crippen molar-refractivity contribution in [2.45, 2.75) is 6.36 Å². The fraction of sp³-hybridized carbons (Fsp3) is 0.0833. The van der Waals surface area contributed by atoms with E-state index in [9.17, 15) is 13.2 Å². The maximum absolute atomic E-state index is 12.1. The van der Waals surface area contributed by atoms with Crippen molar-refractivity contribution in [3.8, 4) is 17.2 Å². The largest absolute Gasteiger partial charge is 0.573 e. The minimum atomic E-state index is -4.75. The summed E-state index contributed by atoms with van der Waals surface area (Å²) < 4.78 is 45.7. The Labute approximate surface area is 125 Å². The van der Waals surface area contributed by atoms with E-state index in [-0.39, 0.29) is 15.4 Å². The number of halogens is 5. The van der Waals surface area contributed by atoms with Crippen LogP contribution < -0.4 is 9.47 Å². The lowest BCUT2D eigenvalue weighted by Gasteiger charge is -2.12. The van der Waals surface area contributed by atoms with Crippen LogP contribution in [0.1, 0.15) is 0 Å². The van der Waals surface area contributed by atoms with Gasteiger partial charge in [-0.15, -0.1) is 13.2 Å². The summed E-state index contributed by atoms with van der Waals surface area (Å²) in [6, 6.07) is 6.90. The molecule has 20 heavy (non-hydrogen) atoms. The highest BCUT2D eigenvalue weighted by Crippen LogP contribution is 2.34. The number of hydrogen-bond donors (Lipinski definition) is 0. The van der Waals surface area contributed by atoms with Crippen LogP contribution in [-0.4, -0.2) is 11.3 Å². The maximum atomic E-state index is 12.1. The predicted octanol–water partition coefficient (Wildman–Crippen LogP) is 5.19. The maximum Gasteiger partial charge on any atom is 0.573 e. The number of hydrogen-bond acceptors (Lipinski definition) is 3. The average molecular weight is 369 g/mol. The molecule has 0 radical (unpaired) electrons. The summed E-state index contributed by atoms with van der Waals surface area (Å²) in [5.74, 6) is 0.396. The van der Waals surface area contributed by atoms with Crippen molar-refractivity contribution in [1.82, 2.24) is 4.98 Å². The predicted molar refractivity (Wildman–Crippen MR) is 70.1 cm³/mol. The molecule has 0 unspecified atom stereocenters. The zero-order valence-corrected chi connectivity index (χ0v) is 12.0. The summed E-state index contributed by atoms with van der Waals surface area (Å²) in [4.78, 5) is 3.78. The second kappa shape index (κ2) is 5.88. The van der Waals surface area contributed by atoms with Gasteiger partial charge in [-0.25, -0.2) is 4.98 Å². The SMILES string of the molecule is FC(F)(F)Oc1ccc(Oc2ccnc(Cl)c2)cc1Br. The van der Waals surface area contributed by atoms with Crippen LogP contribution in [0.15, 0.2) is 41.0 Å². The molecule has 3 nitrogen and oxygen atoms in total. The smallest absolute Gasteiger partial charge is 0.457 e. The monoisotopic (exact) mass is 367 g/mol. The van der Waals surface area contributed by atoms with E-state index in [4.69, 9.17) is 16.3 Å². The number of alkyl halides is 3. The van der Waals surface area contributed by atoms with Gasteiger partial charge in [0.1, 0.15) is 22.4 Å². The Morgan fingerprint density at radius 1 is 1.10 bits per heavy atom. The van der Waals surface area contributed by atoms with Gasteiger partial charge < -0.3 is 9.47 Å². The molecule has 1 aromatic heterocycles. The summed E-state index contributed by atoms with van der Waals surface area (Å²) in [5, 5.41) is 0.249. The van der Waals surface area contributed by atoms with Crippen LogP contribution in [0.25, 0.3) is 0 Å². The minimum Gasteiger partial charge on any atom is -0.457 e. The van der Waals surface area contributed by atoms with E-state index in [1.54, 1.807) is 6.07 Å². The van der Waals surface area contributed by atoms with Gasteiger partial charge in [-0.05, 0) is 40.2 Å². The molecule has 0 saturated carbocycles. The number of aromatic nitrogens is 1. The van der Waals surface area contributed by atoms with Gasteiger partial charge >= 0.3 is 6.36 Å². The topological polar surface area (TPSA) is 31.4 Å². The molecule has 0 saturated heterocycles. The Morgan fingerprint density at radius 2 is 1.80 bits per heavy atom. The molecule has 0 bridgehead atoms. The first-order chi connectivity index (χ1) is 9.33. The third-order valence-corrected chi connectivity index (χ3v) is 2.89. The van der Waals surface area contributed by atoms with Gasteiger partial charge in [-0.2, -0.15) is 0 Å². The lowest BCUT2D eigenvalue weighted by molar-refractivity contribution is -0.274. The molecule has 0 aliphatic carbocycles. The number of benzene rings is 1. The summed E-state index contributed by atoms with van der Waals surface area (Å²) in [5.41, 5.74) is 0. The van der Waals surface area contributed by atoms with Crippen LogP contribution in [0, 0.1) is 0 Å². The normalized spacial score (nSPS) is 11.2. The number of pyridine rings is 1. The highest BCUT2D eigenvalue weighted by molar-refractivity contribution is 9.10. The molecule has 0 atom stereocenters. The molecule has 8 heteroatoms. The molecule has 0 fully saturated rings. The lowest BCUT2D eigenvalue weighted by atomic mass is 10.3. The van der Waals surface area contributed by atoms with Crippen molar-refractivity contribution >= 4 is 27.5 Å². The number of rotatable bonds is 3. The van der Waals surface area contributed by atoms with Crippen molar-refractivity contribution < 1.29 is 22.6 Å². The zero-order chi connectivity index (χ0) is 14.8. The van der Waals surface area contributed by atoms with Crippen LogP contribution in [0.2, 0.25) is 5.15 Å². The van der Waals surface area contributed by atoms with E-state index in [1.165, 1.54) is 24.4 Å². The standard InChI is InChI=1S/C12H6BrClF3NO2/c13-9-5-7(1-2-10(9)20-12(15,16)17)19-8-3-4-18-11(14)6-8/h1-6H. The van der Waals surface area contributed by atoms with E-state index in [0.29, 0.717) is 11.5 Å². The Kier molecular flexibility index (Phi) is 4.39. The van der Waals surface area contributed by atoms with Gasteiger partial charge in [0, 0.05) is 12.3 Å². The number of ether oxygens (including phenoxy) is 2. The zero-order valence-electron chi connectivity index (χ0n) is 9.62. The highest BCUT2D eigenvalue weighted by atomic mass is 79.9. The molecule has 0 aliphatic rings. The third-order valence-electron chi connectivity index (χ3n) is 2.06. The fourth-order valence-electron chi connectivity index (χ4n) is 1.34. The molecular weight excluding hydrogens is 362 g/mol. The molecule has 0 aliphatic heterocycles. The summed E-state index contributed by atoms with van der Waals surface area (Å²) in [6.45, 7) is 0. The molecule has 1 aromatic carbocycles. The third kappa shape index (κ3) is 4.28. The first-order valence-electron chi connectivity index (χ1n) is 5.18. The molecule has 106 valence electrons. The van der Waals surface area contributed by atoms with Crippen LogP contribution in [0.4, 0.5) is 13.2 Å². The first kappa shape index (κ1) is 14.9. The average Bonchev–Trinajstić information content (AvgIpc) is 2.31. The highest BCUT2D eigenvalue weighted by Gasteiger charge is 2.32. The molecule has 0 N–H and O–H groups in total. The van der Waals surface area contributed by atoms with E-state index in [2.05, 4.69) is 25.7 Å². The first-order valence-corrected chi connectivity index (χ1v) is 6.35. The molecule has 2 rings (SSSR count). The summed E-state index contributed by atoms with van der Waals surface area (Å²) in [7, 11) is 0. The van der Waals surface area contributed by atoms with E-state index >= 15 is 0 Å². The van der Waals surface area contributed by atoms with Gasteiger partial charge in [-0.3, -0.25) is 0 Å². The van der Waals surface area contributed by atoms with Crippen molar-refractivity contribution in [1.29, 1.82) is 0 Å². The Bertz CT molecular complexity index is 622. The van der Waals surface area contributed by atoms with Gasteiger partial charge in [0.2, 0.25) is 0 Å². The lowest BCUT2D eigenvalue weighted by Crippen LogP contribution is -2.17. The van der Waals surface area contributed by atoms with E-state index < -0.39 is 6.36 Å². The van der Waals surface area contributed by atoms with Crippen LogP contribution in [0.3, 0.4) is 0 Å². The van der Waals surface area contributed by atoms with Gasteiger partial charge in [-0.1, -0.05) is 11.6 Å². The molecule has 1 heterocycles. The molecule has 0 amide bonds. The van der Waals surface area contributed by atoms with Gasteiger partial charge in [0.15, 0.2) is 0 Å². The van der Waals surface area contributed by atoms with E-state index in [0.717, 1.165) is 6.07 Å². The second-order valence-electron chi connectivity index (χ2n) is 3.56. The van der Waals surface area contributed by atoms with Crippen LogP contribution >= 0.6 is 27.5 Å². The van der Waals surface area contributed by atoms with Gasteiger partial charge in [0.25, 0.3) is 0 Å². The summed E-state index contributed by atoms with van der Waals surface area (Å²) >= 11 is 8.68. The van der Waals surface area contributed by atoms with Crippen molar-refractivity contribution in [2.24, 2.45) is 0 Å². The Balaban J connectivity index is 2.17. The van der Waals surface area contributed by atoms with Crippen molar-refractivity contribution in [3.63, 3.8) is 0 Å². The Morgan fingerprint density at radius 3 is 2.40 bits per heavy atom. The quantitative estimate of drug-likeness (QED) is 0.699. The van der Waals surface area contributed by atoms with Crippen molar-refractivity contribution in [3.05, 3.63) is 46.2 Å². The van der Waals surface area contributed by atoms with Crippen molar-refractivity contribution in [2.75, 3.05) is 0 Å². The fourth-order valence-corrected chi connectivity index (χ4v) is 1.94. The van der Waals surface area contributed by atoms with Gasteiger partial charge in [0.05, 0.1) is 4.47 Å². The minimum absolute atomic E-state index is 0.118. The summed E-state index contributed by atoms with van der Waals surface area (Å²) in [6.07, 6.45) is -3.29. The second-order valence-corrected chi connectivity index (χ2v) is 4.80. The van der Waals surface area contributed by atoms with E-state index in [1.807, 2.05) is 0 Å². The Hall–Kier alpha value is -1.47.